The van der Waals surface area contributed by atoms with E-state index in [4.69, 9.17) is 4.74 Å². The fourth-order valence-electron chi connectivity index (χ4n) is 2.44. The molecule has 0 saturated carbocycles. The lowest BCUT2D eigenvalue weighted by Crippen LogP contribution is -2.02. The van der Waals surface area contributed by atoms with Gasteiger partial charge in [0, 0.05) is 5.92 Å². The molecule has 106 valence electrons. The lowest BCUT2D eigenvalue weighted by atomic mass is 9.87. The third-order valence-corrected chi connectivity index (χ3v) is 3.41. The van der Waals surface area contributed by atoms with Crippen LogP contribution in [0.4, 0.5) is 8.78 Å². The highest BCUT2D eigenvalue weighted by Gasteiger charge is 2.16. The van der Waals surface area contributed by atoms with E-state index < -0.39 is 0 Å². The molecule has 0 aliphatic carbocycles. The third-order valence-electron chi connectivity index (χ3n) is 3.41. The summed E-state index contributed by atoms with van der Waals surface area (Å²) in [4.78, 5) is 0. The maximum Gasteiger partial charge on any atom is 0.165 e. The molecule has 0 N–H and O–H groups in total. The van der Waals surface area contributed by atoms with E-state index in [0.29, 0.717) is 0 Å². The fraction of sp³-hybridized carbons (Fsp3) is 0.294. The number of halogens is 2. The first-order chi connectivity index (χ1) is 9.65. The van der Waals surface area contributed by atoms with Gasteiger partial charge in [0.15, 0.2) is 11.6 Å². The Morgan fingerprint density at radius 2 is 1.80 bits per heavy atom. The van der Waals surface area contributed by atoms with Gasteiger partial charge < -0.3 is 4.74 Å². The molecule has 0 aromatic heterocycles. The molecule has 1 unspecified atom stereocenters. The normalized spacial score (nSPS) is 12.2. The van der Waals surface area contributed by atoms with Crippen molar-refractivity contribution in [2.75, 3.05) is 7.11 Å². The molecule has 0 fully saturated rings. The predicted octanol–water partition coefficient (Wildman–Crippen LogP) is 4.91. The second-order valence-corrected chi connectivity index (χ2v) is 4.79. The molecule has 0 aliphatic heterocycles. The van der Waals surface area contributed by atoms with Gasteiger partial charge in [0.05, 0.1) is 7.11 Å². The lowest BCUT2D eigenvalue weighted by molar-refractivity contribution is 0.386. The number of benzene rings is 2. The topological polar surface area (TPSA) is 9.23 Å². The molecule has 2 aromatic rings. The number of hydrogen-bond acceptors (Lipinski definition) is 1. The summed E-state index contributed by atoms with van der Waals surface area (Å²) in [6, 6.07) is 11.4. The Morgan fingerprint density at radius 1 is 1.05 bits per heavy atom. The van der Waals surface area contributed by atoms with Crippen molar-refractivity contribution in [3.63, 3.8) is 0 Å². The molecular formula is C17H18F2O. The van der Waals surface area contributed by atoms with Crippen LogP contribution in [0.25, 0.3) is 0 Å². The van der Waals surface area contributed by atoms with Crippen LogP contribution >= 0.6 is 0 Å². The van der Waals surface area contributed by atoms with E-state index in [1.165, 1.54) is 25.3 Å². The third kappa shape index (κ3) is 3.16. The monoisotopic (exact) mass is 276 g/mol. The highest BCUT2D eigenvalue weighted by atomic mass is 19.1. The summed E-state index contributed by atoms with van der Waals surface area (Å²) in [5.74, 6) is -0.431. The standard InChI is InChI=1S/C17H18F2O/c1-3-5-15(12-6-4-7-14(18)10-12)13-8-9-17(20-2)16(19)11-13/h4,6-11,15H,3,5H2,1-2H3. The van der Waals surface area contributed by atoms with Crippen LogP contribution in [0.15, 0.2) is 42.5 Å². The second kappa shape index (κ2) is 6.51. The zero-order chi connectivity index (χ0) is 14.5. The van der Waals surface area contributed by atoms with Gasteiger partial charge in [-0.2, -0.15) is 0 Å². The van der Waals surface area contributed by atoms with Crippen molar-refractivity contribution < 1.29 is 13.5 Å². The van der Waals surface area contributed by atoms with Crippen molar-refractivity contribution in [3.8, 4) is 5.75 Å². The van der Waals surface area contributed by atoms with Gasteiger partial charge >= 0.3 is 0 Å². The zero-order valence-corrected chi connectivity index (χ0v) is 11.7. The molecule has 0 radical (unpaired) electrons. The van der Waals surface area contributed by atoms with Gasteiger partial charge in [-0.3, -0.25) is 0 Å². The van der Waals surface area contributed by atoms with Crippen molar-refractivity contribution in [1.29, 1.82) is 0 Å². The molecule has 0 spiro atoms. The van der Waals surface area contributed by atoms with Crippen molar-refractivity contribution in [3.05, 3.63) is 65.2 Å². The Balaban J connectivity index is 2.40. The van der Waals surface area contributed by atoms with Crippen LogP contribution in [0.5, 0.6) is 5.75 Å². The second-order valence-electron chi connectivity index (χ2n) is 4.79. The smallest absolute Gasteiger partial charge is 0.165 e. The number of rotatable bonds is 5. The quantitative estimate of drug-likeness (QED) is 0.754. The summed E-state index contributed by atoms with van der Waals surface area (Å²) in [6.45, 7) is 2.06. The summed E-state index contributed by atoms with van der Waals surface area (Å²) >= 11 is 0. The molecular weight excluding hydrogens is 258 g/mol. The maximum atomic E-state index is 13.8. The van der Waals surface area contributed by atoms with E-state index in [9.17, 15) is 8.78 Å². The Labute approximate surface area is 118 Å². The van der Waals surface area contributed by atoms with Crippen LogP contribution in [0.2, 0.25) is 0 Å². The molecule has 2 aromatic carbocycles. The van der Waals surface area contributed by atoms with Gasteiger partial charge in [-0.1, -0.05) is 31.5 Å². The highest BCUT2D eigenvalue weighted by Crippen LogP contribution is 2.32. The lowest BCUT2D eigenvalue weighted by Gasteiger charge is -2.18. The number of ether oxygens (including phenoxy) is 1. The minimum Gasteiger partial charge on any atom is -0.494 e. The Bertz CT molecular complexity index is 581. The van der Waals surface area contributed by atoms with Crippen LogP contribution in [0.1, 0.15) is 36.8 Å². The van der Waals surface area contributed by atoms with Crippen molar-refractivity contribution in [1.82, 2.24) is 0 Å². The Hall–Kier alpha value is -1.90. The molecule has 0 bridgehead atoms. The minimum absolute atomic E-state index is 0.00361. The van der Waals surface area contributed by atoms with E-state index in [2.05, 4.69) is 6.92 Å². The first kappa shape index (κ1) is 14.5. The van der Waals surface area contributed by atoms with E-state index in [0.717, 1.165) is 24.0 Å². The molecule has 1 atom stereocenters. The van der Waals surface area contributed by atoms with Gasteiger partial charge in [-0.05, 0) is 41.8 Å². The largest absolute Gasteiger partial charge is 0.494 e. The summed E-state index contributed by atoms with van der Waals surface area (Å²) in [7, 11) is 1.44. The first-order valence-electron chi connectivity index (χ1n) is 6.74. The van der Waals surface area contributed by atoms with Crippen molar-refractivity contribution >= 4 is 0 Å². The van der Waals surface area contributed by atoms with E-state index in [-0.39, 0.29) is 23.3 Å². The van der Waals surface area contributed by atoms with Gasteiger partial charge in [0.2, 0.25) is 0 Å². The van der Waals surface area contributed by atoms with Gasteiger partial charge in [0.1, 0.15) is 5.82 Å². The van der Waals surface area contributed by atoms with Crippen LogP contribution in [-0.4, -0.2) is 7.11 Å². The maximum absolute atomic E-state index is 13.8. The zero-order valence-electron chi connectivity index (χ0n) is 11.7. The molecule has 0 heterocycles. The predicted molar refractivity (Wildman–Crippen MR) is 76.1 cm³/mol. The summed E-state index contributed by atoms with van der Waals surface area (Å²) in [5, 5.41) is 0. The van der Waals surface area contributed by atoms with Gasteiger partial charge in [-0.15, -0.1) is 0 Å². The van der Waals surface area contributed by atoms with Crippen LogP contribution in [0.3, 0.4) is 0 Å². The Morgan fingerprint density at radius 3 is 2.40 bits per heavy atom. The van der Waals surface area contributed by atoms with Gasteiger partial charge in [-0.25, -0.2) is 8.78 Å². The number of methoxy groups -OCH3 is 1. The average molecular weight is 276 g/mol. The molecule has 0 aliphatic rings. The SMILES string of the molecule is CCCC(c1cccc(F)c1)c1ccc(OC)c(F)c1. The van der Waals surface area contributed by atoms with Crippen LogP contribution < -0.4 is 4.74 Å². The van der Waals surface area contributed by atoms with E-state index in [1.54, 1.807) is 12.1 Å². The summed E-state index contributed by atoms with van der Waals surface area (Å²) in [6.07, 6.45) is 1.78. The molecule has 0 amide bonds. The summed E-state index contributed by atoms with van der Waals surface area (Å²) in [5.41, 5.74) is 1.71. The van der Waals surface area contributed by atoms with E-state index >= 15 is 0 Å². The van der Waals surface area contributed by atoms with Gasteiger partial charge in [0.25, 0.3) is 0 Å². The fourth-order valence-corrected chi connectivity index (χ4v) is 2.44. The molecule has 2 rings (SSSR count). The van der Waals surface area contributed by atoms with Crippen molar-refractivity contribution in [2.45, 2.75) is 25.7 Å². The first-order valence-corrected chi connectivity index (χ1v) is 6.74. The molecule has 20 heavy (non-hydrogen) atoms. The minimum atomic E-state index is -0.387. The molecule has 1 nitrogen and oxygen atoms in total. The van der Waals surface area contributed by atoms with E-state index in [1.807, 2.05) is 12.1 Å². The summed E-state index contributed by atoms with van der Waals surface area (Å²) < 4.78 is 32.2. The highest BCUT2D eigenvalue weighted by molar-refractivity contribution is 5.37. The Kier molecular flexibility index (Phi) is 4.72. The van der Waals surface area contributed by atoms with Crippen LogP contribution in [0, 0.1) is 11.6 Å². The number of hydrogen-bond donors (Lipinski definition) is 0. The average Bonchev–Trinajstić information content (AvgIpc) is 2.44. The molecule has 0 saturated heterocycles. The van der Waals surface area contributed by atoms with Crippen LogP contribution in [-0.2, 0) is 0 Å². The molecule has 3 heteroatoms. The van der Waals surface area contributed by atoms with Crippen molar-refractivity contribution in [2.24, 2.45) is 0 Å².